The molecule has 74 valence electrons. The maximum Gasteiger partial charge on any atom is 0.118 e. The van der Waals surface area contributed by atoms with Crippen LogP contribution in [0, 0.1) is 6.92 Å². The molecule has 0 radical (unpaired) electrons. The lowest BCUT2D eigenvalue weighted by Crippen LogP contribution is -1.95. The van der Waals surface area contributed by atoms with Crippen molar-refractivity contribution in [3.05, 3.63) is 28.8 Å². The second-order valence-electron chi connectivity index (χ2n) is 3.46. The van der Waals surface area contributed by atoms with Gasteiger partial charge in [-0.15, -0.1) is 0 Å². The lowest BCUT2D eigenvalue weighted by atomic mass is 10.0. The quantitative estimate of drug-likeness (QED) is 0.690. The largest absolute Gasteiger partial charge is 0.508 e. The Morgan fingerprint density at radius 3 is 2.86 bits per heavy atom. The first kappa shape index (κ1) is 9.06. The van der Waals surface area contributed by atoms with Crippen molar-refractivity contribution in [2.45, 2.75) is 19.8 Å². The minimum absolute atomic E-state index is 0.363. The number of aromatic hydroxyl groups is 1. The Balaban J connectivity index is 2.53. The zero-order chi connectivity index (χ0) is 10.1. The number of oxime groups is 1. The lowest BCUT2D eigenvalue weighted by molar-refractivity contribution is 0.213. The second kappa shape index (κ2) is 3.33. The lowest BCUT2D eigenvalue weighted by Gasteiger charge is -2.05. The van der Waals surface area contributed by atoms with Crippen LogP contribution in [0.2, 0.25) is 0 Å². The van der Waals surface area contributed by atoms with Crippen LogP contribution in [0.4, 0.5) is 0 Å². The molecular weight excluding hydrogens is 178 g/mol. The van der Waals surface area contributed by atoms with Crippen LogP contribution in [0.3, 0.4) is 0 Å². The number of nitrogens with zero attached hydrogens (tertiary/aromatic N) is 1. The zero-order valence-corrected chi connectivity index (χ0v) is 8.37. The summed E-state index contributed by atoms with van der Waals surface area (Å²) in [5, 5.41) is 13.5. The van der Waals surface area contributed by atoms with E-state index in [4.69, 9.17) is 4.84 Å². The van der Waals surface area contributed by atoms with E-state index in [0.717, 1.165) is 29.7 Å². The fourth-order valence-corrected chi connectivity index (χ4v) is 1.92. The van der Waals surface area contributed by atoms with Crippen molar-refractivity contribution in [1.29, 1.82) is 0 Å². The Morgan fingerprint density at radius 2 is 2.14 bits per heavy atom. The van der Waals surface area contributed by atoms with E-state index in [1.807, 2.05) is 13.0 Å². The molecule has 1 N–H and O–H groups in total. The van der Waals surface area contributed by atoms with E-state index in [1.165, 1.54) is 5.56 Å². The van der Waals surface area contributed by atoms with Crippen molar-refractivity contribution in [2.24, 2.45) is 5.16 Å². The average Bonchev–Trinajstić information content (AvgIpc) is 2.57. The molecule has 1 aliphatic carbocycles. The summed E-state index contributed by atoms with van der Waals surface area (Å²) in [6.45, 7) is 1.93. The Kier molecular flexibility index (Phi) is 2.15. The summed E-state index contributed by atoms with van der Waals surface area (Å²) in [6, 6.07) is 3.62. The van der Waals surface area contributed by atoms with Gasteiger partial charge in [-0.3, -0.25) is 0 Å². The summed E-state index contributed by atoms with van der Waals surface area (Å²) < 4.78 is 0. The first-order chi connectivity index (χ1) is 6.74. The van der Waals surface area contributed by atoms with Crippen LogP contribution in [0.5, 0.6) is 5.75 Å². The average molecular weight is 191 g/mol. The van der Waals surface area contributed by atoms with Crippen LogP contribution in [0.15, 0.2) is 17.3 Å². The predicted octanol–water partition coefficient (Wildman–Crippen LogP) is 2.00. The van der Waals surface area contributed by atoms with Crippen molar-refractivity contribution in [2.75, 3.05) is 7.11 Å². The number of hydrogen-bond acceptors (Lipinski definition) is 3. The fourth-order valence-electron chi connectivity index (χ4n) is 1.92. The maximum absolute atomic E-state index is 9.53. The van der Waals surface area contributed by atoms with Gasteiger partial charge in [-0.2, -0.15) is 0 Å². The van der Waals surface area contributed by atoms with Crippen LogP contribution in [-0.2, 0) is 11.3 Å². The predicted molar refractivity (Wildman–Crippen MR) is 54.7 cm³/mol. The monoisotopic (exact) mass is 191 g/mol. The Morgan fingerprint density at radius 1 is 1.36 bits per heavy atom. The van der Waals surface area contributed by atoms with Crippen LogP contribution in [-0.4, -0.2) is 17.9 Å². The molecular formula is C11H13NO2. The molecule has 0 saturated carbocycles. The summed E-state index contributed by atoms with van der Waals surface area (Å²) >= 11 is 0. The molecule has 0 spiro atoms. The van der Waals surface area contributed by atoms with E-state index >= 15 is 0 Å². The van der Waals surface area contributed by atoms with Gasteiger partial charge in [-0.05, 0) is 43.0 Å². The zero-order valence-electron chi connectivity index (χ0n) is 8.37. The van der Waals surface area contributed by atoms with E-state index in [-0.39, 0.29) is 0 Å². The van der Waals surface area contributed by atoms with Gasteiger partial charge in [0.25, 0.3) is 0 Å². The van der Waals surface area contributed by atoms with Gasteiger partial charge in [-0.25, -0.2) is 0 Å². The van der Waals surface area contributed by atoms with Crippen LogP contribution in [0.25, 0.3) is 0 Å². The summed E-state index contributed by atoms with van der Waals surface area (Å²) in [5.74, 6) is 0.363. The van der Waals surface area contributed by atoms with Crippen LogP contribution >= 0.6 is 0 Å². The van der Waals surface area contributed by atoms with Gasteiger partial charge in [0.2, 0.25) is 0 Å². The van der Waals surface area contributed by atoms with Crippen molar-refractivity contribution < 1.29 is 9.94 Å². The molecule has 0 unspecified atom stereocenters. The normalized spacial score (nSPS) is 17.1. The Labute approximate surface area is 83.0 Å². The first-order valence-electron chi connectivity index (χ1n) is 4.66. The van der Waals surface area contributed by atoms with Crippen LogP contribution in [0.1, 0.15) is 23.1 Å². The van der Waals surface area contributed by atoms with Gasteiger partial charge in [0.15, 0.2) is 0 Å². The highest BCUT2D eigenvalue weighted by molar-refractivity contribution is 6.04. The third kappa shape index (κ3) is 1.25. The molecule has 0 saturated heterocycles. The first-order valence-corrected chi connectivity index (χ1v) is 4.66. The number of benzene rings is 1. The van der Waals surface area contributed by atoms with E-state index in [2.05, 4.69) is 5.16 Å². The maximum atomic E-state index is 9.53. The SMILES string of the molecule is CO/N=C1\CCc2c1ccc(O)c2C. The smallest absolute Gasteiger partial charge is 0.118 e. The molecule has 1 aromatic rings. The van der Waals surface area contributed by atoms with E-state index in [0.29, 0.717) is 5.75 Å². The topological polar surface area (TPSA) is 41.8 Å². The van der Waals surface area contributed by atoms with Crippen molar-refractivity contribution in [1.82, 2.24) is 0 Å². The molecule has 2 rings (SSSR count). The van der Waals surface area contributed by atoms with Gasteiger partial charge < -0.3 is 9.94 Å². The highest BCUT2D eigenvalue weighted by Crippen LogP contribution is 2.30. The summed E-state index contributed by atoms with van der Waals surface area (Å²) in [5.41, 5.74) is 4.25. The molecule has 3 heteroatoms. The molecule has 0 amide bonds. The highest BCUT2D eigenvalue weighted by atomic mass is 16.6. The molecule has 3 nitrogen and oxygen atoms in total. The molecule has 0 aromatic heterocycles. The van der Waals surface area contributed by atoms with Crippen molar-refractivity contribution in [3.63, 3.8) is 0 Å². The number of fused-ring (bicyclic) bond motifs is 1. The fraction of sp³-hybridized carbons (Fsp3) is 0.364. The summed E-state index contributed by atoms with van der Waals surface area (Å²) in [6.07, 6.45) is 1.84. The van der Waals surface area contributed by atoms with Gasteiger partial charge in [0, 0.05) is 5.56 Å². The van der Waals surface area contributed by atoms with Gasteiger partial charge >= 0.3 is 0 Å². The van der Waals surface area contributed by atoms with Gasteiger partial charge in [0.05, 0.1) is 5.71 Å². The number of phenolic OH excluding ortho intramolecular Hbond substituents is 1. The number of rotatable bonds is 1. The molecule has 1 aromatic carbocycles. The van der Waals surface area contributed by atoms with Gasteiger partial charge in [0.1, 0.15) is 12.9 Å². The summed E-state index contributed by atoms with van der Waals surface area (Å²) in [4.78, 5) is 4.78. The van der Waals surface area contributed by atoms with E-state index in [1.54, 1.807) is 13.2 Å². The molecule has 0 bridgehead atoms. The summed E-state index contributed by atoms with van der Waals surface area (Å²) in [7, 11) is 1.55. The molecule has 0 fully saturated rings. The standard InChI is InChI=1S/C11H13NO2/c1-7-8-3-5-10(12-14-2)9(8)4-6-11(7)13/h4,6,13H,3,5H2,1-2H3/b12-10+. The highest BCUT2D eigenvalue weighted by Gasteiger charge is 2.21. The second-order valence-corrected chi connectivity index (χ2v) is 3.46. The van der Waals surface area contributed by atoms with Crippen LogP contribution < -0.4 is 0 Å². The number of hydrogen-bond donors (Lipinski definition) is 1. The molecule has 0 heterocycles. The molecule has 0 aliphatic heterocycles. The van der Waals surface area contributed by atoms with E-state index < -0.39 is 0 Å². The third-order valence-electron chi connectivity index (χ3n) is 2.69. The van der Waals surface area contributed by atoms with Crippen molar-refractivity contribution in [3.8, 4) is 5.75 Å². The Hall–Kier alpha value is -1.51. The minimum atomic E-state index is 0.363. The van der Waals surface area contributed by atoms with E-state index in [9.17, 15) is 5.11 Å². The third-order valence-corrected chi connectivity index (χ3v) is 2.69. The van der Waals surface area contributed by atoms with Crippen molar-refractivity contribution >= 4 is 5.71 Å². The van der Waals surface area contributed by atoms with Gasteiger partial charge in [-0.1, -0.05) is 5.16 Å². The molecule has 14 heavy (non-hydrogen) atoms. The number of phenols is 1. The molecule has 0 atom stereocenters. The Bertz CT molecular complexity index is 397. The molecule has 1 aliphatic rings. The minimum Gasteiger partial charge on any atom is -0.508 e.